The van der Waals surface area contributed by atoms with Crippen molar-refractivity contribution >= 4 is 5.91 Å². The summed E-state index contributed by atoms with van der Waals surface area (Å²) in [5, 5.41) is 0. The molecule has 0 aliphatic carbocycles. The number of hydrogen-bond donors (Lipinski definition) is 1. The van der Waals surface area contributed by atoms with Crippen molar-refractivity contribution in [2.24, 2.45) is 5.73 Å². The number of hydrogen-bond acceptors (Lipinski definition) is 3. The smallest absolute Gasteiger partial charge is 0.228 e. The summed E-state index contributed by atoms with van der Waals surface area (Å²) >= 11 is 0. The fourth-order valence-electron chi connectivity index (χ4n) is 2.02. The molecule has 0 radical (unpaired) electrons. The molecular weight excluding hydrogens is 250 g/mol. The molecule has 2 rings (SSSR count). The topological polar surface area (TPSA) is 59.2 Å². The minimum atomic E-state index is 0.0537. The van der Waals surface area contributed by atoms with Gasteiger partial charge in [-0.3, -0.25) is 9.78 Å². The van der Waals surface area contributed by atoms with Crippen LogP contribution in [0.5, 0.6) is 0 Å². The zero-order chi connectivity index (χ0) is 14.2. The quantitative estimate of drug-likeness (QED) is 0.866. The number of carbonyl (C=O) groups excluding carboxylic acids is 1. The zero-order valence-corrected chi connectivity index (χ0v) is 11.4. The molecule has 1 aromatic carbocycles. The first-order valence-corrected chi connectivity index (χ1v) is 6.71. The van der Waals surface area contributed by atoms with Gasteiger partial charge in [0.15, 0.2) is 0 Å². The molecule has 0 saturated carbocycles. The molecule has 0 bridgehead atoms. The molecule has 4 nitrogen and oxygen atoms in total. The van der Waals surface area contributed by atoms with Crippen LogP contribution in [0.4, 0.5) is 0 Å². The van der Waals surface area contributed by atoms with E-state index >= 15 is 0 Å². The van der Waals surface area contributed by atoms with E-state index in [4.69, 9.17) is 5.73 Å². The largest absolute Gasteiger partial charge is 0.337 e. The lowest BCUT2D eigenvalue weighted by molar-refractivity contribution is -0.131. The summed E-state index contributed by atoms with van der Waals surface area (Å²) in [4.78, 5) is 18.3. The van der Waals surface area contributed by atoms with Gasteiger partial charge < -0.3 is 10.6 Å². The Morgan fingerprint density at radius 1 is 1.10 bits per heavy atom. The summed E-state index contributed by atoms with van der Waals surface area (Å²) in [5.41, 5.74) is 7.50. The van der Waals surface area contributed by atoms with Gasteiger partial charge in [0, 0.05) is 31.5 Å². The Labute approximate surface area is 119 Å². The number of carbonyl (C=O) groups is 1. The fourth-order valence-corrected chi connectivity index (χ4v) is 2.02. The summed E-state index contributed by atoms with van der Waals surface area (Å²) in [6, 6.07) is 15.5. The molecule has 0 unspecified atom stereocenters. The van der Waals surface area contributed by atoms with E-state index in [2.05, 4.69) is 4.98 Å². The van der Waals surface area contributed by atoms with E-state index in [9.17, 15) is 4.79 Å². The van der Waals surface area contributed by atoms with Crippen LogP contribution < -0.4 is 5.73 Å². The molecule has 1 aromatic heterocycles. The second-order valence-corrected chi connectivity index (χ2v) is 4.59. The maximum atomic E-state index is 12.3. The molecular formula is C16H19N3O. The molecule has 1 amide bonds. The normalized spacial score (nSPS) is 10.2. The molecule has 0 fully saturated rings. The molecule has 0 aliphatic heterocycles. The SMILES string of the molecule is NCCN(Cc1ccccc1)C(=O)Cc1ccccn1. The third kappa shape index (κ3) is 4.17. The maximum absolute atomic E-state index is 12.3. The summed E-state index contributed by atoms with van der Waals surface area (Å²) in [6.45, 7) is 1.60. The van der Waals surface area contributed by atoms with E-state index in [0.29, 0.717) is 26.1 Å². The third-order valence-corrected chi connectivity index (χ3v) is 3.03. The number of nitrogens with zero attached hydrogens (tertiary/aromatic N) is 2. The standard InChI is InChI=1S/C16H19N3O/c17-9-11-19(13-14-6-2-1-3-7-14)16(20)12-15-8-4-5-10-18-15/h1-8,10H,9,11-13,17H2. The van der Waals surface area contributed by atoms with Crippen LogP contribution in [0.1, 0.15) is 11.3 Å². The van der Waals surface area contributed by atoms with E-state index in [-0.39, 0.29) is 5.91 Å². The van der Waals surface area contributed by atoms with Gasteiger partial charge in [0.05, 0.1) is 6.42 Å². The monoisotopic (exact) mass is 269 g/mol. The summed E-state index contributed by atoms with van der Waals surface area (Å²) in [7, 11) is 0. The predicted molar refractivity (Wildman–Crippen MR) is 78.9 cm³/mol. The van der Waals surface area contributed by atoms with Gasteiger partial charge in [0.1, 0.15) is 0 Å². The summed E-state index contributed by atoms with van der Waals surface area (Å²) < 4.78 is 0. The van der Waals surface area contributed by atoms with Crippen molar-refractivity contribution in [3.05, 3.63) is 66.0 Å². The number of aromatic nitrogens is 1. The molecule has 0 spiro atoms. The Morgan fingerprint density at radius 2 is 1.85 bits per heavy atom. The van der Waals surface area contributed by atoms with Crippen molar-refractivity contribution in [3.8, 4) is 0 Å². The summed E-state index contributed by atoms with van der Waals surface area (Å²) in [6.07, 6.45) is 2.01. The lowest BCUT2D eigenvalue weighted by Gasteiger charge is -2.22. The van der Waals surface area contributed by atoms with Crippen molar-refractivity contribution in [2.75, 3.05) is 13.1 Å². The molecule has 20 heavy (non-hydrogen) atoms. The van der Waals surface area contributed by atoms with Crippen molar-refractivity contribution < 1.29 is 4.79 Å². The van der Waals surface area contributed by atoms with Gasteiger partial charge in [-0.2, -0.15) is 0 Å². The Balaban J connectivity index is 2.02. The molecule has 0 saturated heterocycles. The highest BCUT2D eigenvalue weighted by molar-refractivity contribution is 5.78. The molecule has 0 aliphatic rings. The van der Waals surface area contributed by atoms with E-state index in [0.717, 1.165) is 11.3 Å². The minimum Gasteiger partial charge on any atom is -0.337 e. The first-order valence-electron chi connectivity index (χ1n) is 6.71. The van der Waals surface area contributed by atoms with Gasteiger partial charge in [0.25, 0.3) is 0 Å². The van der Waals surface area contributed by atoms with Crippen LogP contribution in [-0.4, -0.2) is 28.9 Å². The van der Waals surface area contributed by atoms with Crippen molar-refractivity contribution in [1.29, 1.82) is 0 Å². The van der Waals surface area contributed by atoms with Gasteiger partial charge >= 0.3 is 0 Å². The molecule has 1 heterocycles. The second-order valence-electron chi connectivity index (χ2n) is 4.59. The highest BCUT2D eigenvalue weighted by Gasteiger charge is 2.14. The van der Waals surface area contributed by atoms with E-state index < -0.39 is 0 Å². The Hall–Kier alpha value is -2.20. The first kappa shape index (κ1) is 14.2. The van der Waals surface area contributed by atoms with Crippen molar-refractivity contribution in [2.45, 2.75) is 13.0 Å². The van der Waals surface area contributed by atoms with Crippen LogP contribution in [-0.2, 0) is 17.8 Å². The first-order chi connectivity index (χ1) is 9.79. The second kappa shape index (κ2) is 7.40. The average molecular weight is 269 g/mol. The number of rotatable bonds is 6. The van der Waals surface area contributed by atoms with Gasteiger partial charge in [-0.25, -0.2) is 0 Å². The average Bonchev–Trinajstić information content (AvgIpc) is 2.49. The molecule has 2 N–H and O–H groups in total. The van der Waals surface area contributed by atoms with Crippen LogP contribution in [0, 0.1) is 0 Å². The fraction of sp³-hybridized carbons (Fsp3) is 0.250. The number of benzene rings is 1. The third-order valence-electron chi connectivity index (χ3n) is 3.03. The summed E-state index contributed by atoms with van der Waals surface area (Å²) in [5.74, 6) is 0.0537. The van der Waals surface area contributed by atoms with Crippen LogP contribution in [0.2, 0.25) is 0 Å². The van der Waals surface area contributed by atoms with Gasteiger partial charge in [-0.05, 0) is 17.7 Å². The highest BCUT2D eigenvalue weighted by Crippen LogP contribution is 2.06. The van der Waals surface area contributed by atoms with E-state index in [1.165, 1.54) is 0 Å². The van der Waals surface area contributed by atoms with E-state index in [1.807, 2.05) is 48.5 Å². The van der Waals surface area contributed by atoms with Crippen LogP contribution in [0.25, 0.3) is 0 Å². The zero-order valence-electron chi connectivity index (χ0n) is 11.4. The van der Waals surface area contributed by atoms with Gasteiger partial charge in [-0.1, -0.05) is 36.4 Å². The molecule has 104 valence electrons. The van der Waals surface area contributed by atoms with Gasteiger partial charge in [0.2, 0.25) is 5.91 Å². The van der Waals surface area contributed by atoms with Crippen LogP contribution in [0.15, 0.2) is 54.7 Å². The minimum absolute atomic E-state index is 0.0537. The Morgan fingerprint density at radius 3 is 2.50 bits per heavy atom. The lowest BCUT2D eigenvalue weighted by Crippen LogP contribution is -2.36. The highest BCUT2D eigenvalue weighted by atomic mass is 16.2. The number of amides is 1. The van der Waals surface area contributed by atoms with Crippen LogP contribution >= 0.6 is 0 Å². The maximum Gasteiger partial charge on any atom is 0.228 e. The van der Waals surface area contributed by atoms with Gasteiger partial charge in [-0.15, -0.1) is 0 Å². The number of pyridine rings is 1. The Bertz CT molecular complexity index is 528. The molecule has 2 aromatic rings. The van der Waals surface area contributed by atoms with Crippen molar-refractivity contribution in [3.63, 3.8) is 0 Å². The number of nitrogens with two attached hydrogens (primary N) is 1. The lowest BCUT2D eigenvalue weighted by atomic mass is 10.2. The Kier molecular flexibility index (Phi) is 5.26. The van der Waals surface area contributed by atoms with Crippen molar-refractivity contribution in [1.82, 2.24) is 9.88 Å². The molecule has 4 heteroatoms. The predicted octanol–water partition coefficient (Wildman–Crippen LogP) is 1.61. The van der Waals surface area contributed by atoms with E-state index in [1.54, 1.807) is 11.1 Å². The molecule has 0 atom stereocenters. The van der Waals surface area contributed by atoms with Crippen LogP contribution in [0.3, 0.4) is 0 Å².